The van der Waals surface area contributed by atoms with Crippen molar-refractivity contribution in [2.24, 2.45) is 11.1 Å². The molecule has 2 aliphatic rings. The van der Waals surface area contributed by atoms with Gasteiger partial charge in [0.15, 0.2) is 0 Å². The predicted molar refractivity (Wildman–Crippen MR) is 85.9 cm³/mol. The van der Waals surface area contributed by atoms with E-state index in [0.717, 1.165) is 18.5 Å². The molecule has 0 spiro atoms. The van der Waals surface area contributed by atoms with Crippen LogP contribution in [-0.4, -0.2) is 25.7 Å². The van der Waals surface area contributed by atoms with Crippen LogP contribution in [0.3, 0.4) is 0 Å². The van der Waals surface area contributed by atoms with Crippen LogP contribution in [-0.2, 0) is 22.4 Å². The molecule has 116 valence electrons. The van der Waals surface area contributed by atoms with E-state index in [-0.39, 0.29) is 18.3 Å². The second-order valence-corrected chi connectivity index (χ2v) is 5.89. The summed E-state index contributed by atoms with van der Waals surface area (Å²) in [5, 5.41) is 3.06. The number of amides is 1. The van der Waals surface area contributed by atoms with Crippen LogP contribution < -0.4 is 11.1 Å². The summed E-state index contributed by atoms with van der Waals surface area (Å²) in [6, 6.07) is 6.26. The minimum absolute atomic E-state index is 0. The standard InChI is InChI=1S/C16H22N2O2.ClH/c17-11-16(6-8-20-9-7-16)15(19)18-14-5-4-12-2-1-3-13(12)10-14;/h4-5,10H,1-3,6-9,11,17H2,(H,18,19);1H. The van der Waals surface area contributed by atoms with Crippen LogP contribution in [0, 0.1) is 5.41 Å². The van der Waals surface area contributed by atoms with Crippen LogP contribution in [0.5, 0.6) is 0 Å². The molecular formula is C16H23ClN2O2. The normalized spacial score (nSPS) is 19.5. The highest BCUT2D eigenvalue weighted by Crippen LogP contribution is 2.32. The van der Waals surface area contributed by atoms with Gasteiger partial charge in [-0.05, 0) is 55.4 Å². The van der Waals surface area contributed by atoms with Gasteiger partial charge in [-0.15, -0.1) is 12.4 Å². The Bertz CT molecular complexity index is 513. The third kappa shape index (κ3) is 3.23. The fraction of sp³-hybridized carbons (Fsp3) is 0.562. The van der Waals surface area contributed by atoms with Gasteiger partial charge in [0.1, 0.15) is 0 Å². The number of carbonyl (C=O) groups is 1. The SMILES string of the molecule is Cl.NCC1(C(=O)Nc2ccc3c(c2)CCC3)CCOCC1. The maximum Gasteiger partial charge on any atom is 0.232 e. The Morgan fingerprint density at radius 3 is 2.67 bits per heavy atom. The van der Waals surface area contributed by atoms with Crippen molar-refractivity contribution in [3.8, 4) is 0 Å². The van der Waals surface area contributed by atoms with Crippen molar-refractivity contribution >= 4 is 24.0 Å². The van der Waals surface area contributed by atoms with Gasteiger partial charge in [0.25, 0.3) is 0 Å². The molecule has 1 heterocycles. The zero-order valence-electron chi connectivity index (χ0n) is 12.2. The Balaban J connectivity index is 0.00000161. The monoisotopic (exact) mass is 310 g/mol. The second kappa shape index (κ2) is 6.77. The first-order valence-electron chi connectivity index (χ1n) is 7.45. The number of hydrogen-bond acceptors (Lipinski definition) is 3. The molecule has 1 aliphatic heterocycles. The van der Waals surface area contributed by atoms with Gasteiger partial charge < -0.3 is 15.8 Å². The van der Waals surface area contributed by atoms with Crippen molar-refractivity contribution < 1.29 is 9.53 Å². The highest BCUT2D eigenvalue weighted by Gasteiger charge is 2.38. The molecule has 0 saturated carbocycles. The quantitative estimate of drug-likeness (QED) is 0.900. The lowest BCUT2D eigenvalue weighted by Gasteiger charge is -2.34. The Kier molecular flexibility index (Phi) is 5.25. The molecule has 1 aromatic rings. The summed E-state index contributed by atoms with van der Waals surface area (Å²) in [6.07, 6.45) is 4.92. The van der Waals surface area contributed by atoms with E-state index in [2.05, 4.69) is 17.4 Å². The number of hydrogen-bond donors (Lipinski definition) is 2. The van der Waals surface area contributed by atoms with Crippen LogP contribution in [0.25, 0.3) is 0 Å². The lowest BCUT2D eigenvalue weighted by Crippen LogP contribution is -2.46. The fourth-order valence-electron chi connectivity index (χ4n) is 3.20. The first-order chi connectivity index (χ1) is 9.73. The van der Waals surface area contributed by atoms with E-state index in [1.54, 1.807) is 0 Å². The van der Waals surface area contributed by atoms with Gasteiger partial charge in [-0.3, -0.25) is 4.79 Å². The van der Waals surface area contributed by atoms with Crippen molar-refractivity contribution in [1.29, 1.82) is 0 Å². The number of benzene rings is 1. The number of halogens is 1. The molecule has 0 unspecified atom stereocenters. The van der Waals surface area contributed by atoms with E-state index in [9.17, 15) is 4.79 Å². The summed E-state index contributed by atoms with van der Waals surface area (Å²) in [4.78, 5) is 12.6. The third-order valence-corrected chi connectivity index (χ3v) is 4.68. The molecule has 0 atom stereocenters. The Morgan fingerprint density at radius 1 is 1.24 bits per heavy atom. The first-order valence-corrected chi connectivity index (χ1v) is 7.45. The van der Waals surface area contributed by atoms with Crippen LogP contribution in [0.1, 0.15) is 30.4 Å². The van der Waals surface area contributed by atoms with Gasteiger partial charge in [0, 0.05) is 25.4 Å². The number of ether oxygens (including phenoxy) is 1. The molecule has 1 fully saturated rings. The van der Waals surface area contributed by atoms with Gasteiger partial charge in [-0.25, -0.2) is 0 Å². The zero-order chi connectivity index (χ0) is 14.0. The van der Waals surface area contributed by atoms with E-state index in [4.69, 9.17) is 10.5 Å². The molecule has 0 bridgehead atoms. The summed E-state index contributed by atoms with van der Waals surface area (Å²) in [6.45, 7) is 1.62. The molecule has 5 heteroatoms. The van der Waals surface area contributed by atoms with E-state index in [1.165, 1.54) is 17.5 Å². The maximum absolute atomic E-state index is 12.6. The molecule has 21 heavy (non-hydrogen) atoms. The molecule has 1 aromatic carbocycles. The molecule has 0 radical (unpaired) electrons. The van der Waals surface area contributed by atoms with Crippen LogP contribution >= 0.6 is 12.4 Å². The number of anilines is 1. The van der Waals surface area contributed by atoms with Crippen molar-refractivity contribution in [1.82, 2.24) is 0 Å². The molecule has 4 nitrogen and oxygen atoms in total. The highest BCUT2D eigenvalue weighted by atomic mass is 35.5. The number of nitrogens with two attached hydrogens (primary N) is 1. The molecule has 0 aromatic heterocycles. The summed E-state index contributed by atoms with van der Waals surface area (Å²) in [5.41, 5.74) is 9.09. The van der Waals surface area contributed by atoms with Gasteiger partial charge in [0.05, 0.1) is 5.41 Å². The average Bonchev–Trinajstić information content (AvgIpc) is 2.95. The van der Waals surface area contributed by atoms with Gasteiger partial charge in [-0.1, -0.05) is 6.07 Å². The Morgan fingerprint density at radius 2 is 1.95 bits per heavy atom. The zero-order valence-corrected chi connectivity index (χ0v) is 13.0. The van der Waals surface area contributed by atoms with Crippen LogP contribution in [0.4, 0.5) is 5.69 Å². The van der Waals surface area contributed by atoms with Crippen LogP contribution in [0.2, 0.25) is 0 Å². The number of carbonyl (C=O) groups excluding carboxylic acids is 1. The number of fused-ring (bicyclic) bond motifs is 1. The molecule has 1 aliphatic carbocycles. The summed E-state index contributed by atoms with van der Waals surface area (Å²) in [7, 11) is 0. The number of nitrogens with one attached hydrogen (secondary N) is 1. The van der Waals surface area contributed by atoms with Gasteiger partial charge in [-0.2, -0.15) is 0 Å². The van der Waals surface area contributed by atoms with Gasteiger partial charge in [0.2, 0.25) is 5.91 Å². The Hall–Kier alpha value is -1.10. The van der Waals surface area contributed by atoms with E-state index >= 15 is 0 Å². The highest BCUT2D eigenvalue weighted by molar-refractivity contribution is 5.95. The Labute approximate surface area is 131 Å². The fourth-order valence-corrected chi connectivity index (χ4v) is 3.20. The second-order valence-electron chi connectivity index (χ2n) is 5.89. The topological polar surface area (TPSA) is 64.4 Å². The maximum atomic E-state index is 12.6. The van der Waals surface area contributed by atoms with Crippen molar-refractivity contribution in [2.75, 3.05) is 25.1 Å². The molecule has 3 N–H and O–H groups in total. The van der Waals surface area contributed by atoms with Crippen molar-refractivity contribution in [3.05, 3.63) is 29.3 Å². The van der Waals surface area contributed by atoms with Gasteiger partial charge >= 0.3 is 0 Å². The molecule has 3 rings (SSSR count). The summed E-state index contributed by atoms with van der Waals surface area (Å²) < 4.78 is 5.35. The lowest BCUT2D eigenvalue weighted by atomic mass is 9.79. The number of rotatable bonds is 3. The largest absolute Gasteiger partial charge is 0.381 e. The molecular weight excluding hydrogens is 288 g/mol. The minimum Gasteiger partial charge on any atom is -0.381 e. The van der Waals surface area contributed by atoms with E-state index in [0.29, 0.717) is 32.6 Å². The summed E-state index contributed by atoms with van der Waals surface area (Å²) >= 11 is 0. The third-order valence-electron chi connectivity index (χ3n) is 4.68. The lowest BCUT2D eigenvalue weighted by molar-refractivity contribution is -0.130. The molecule has 1 saturated heterocycles. The first kappa shape index (κ1) is 16.3. The van der Waals surface area contributed by atoms with E-state index < -0.39 is 5.41 Å². The average molecular weight is 311 g/mol. The summed E-state index contributed by atoms with van der Waals surface area (Å²) in [5.74, 6) is 0.0428. The van der Waals surface area contributed by atoms with Crippen molar-refractivity contribution in [2.45, 2.75) is 32.1 Å². The van der Waals surface area contributed by atoms with E-state index in [1.807, 2.05) is 6.07 Å². The number of aryl methyl sites for hydroxylation is 2. The molecule has 1 amide bonds. The van der Waals surface area contributed by atoms with Crippen molar-refractivity contribution in [3.63, 3.8) is 0 Å². The smallest absolute Gasteiger partial charge is 0.232 e. The van der Waals surface area contributed by atoms with Crippen LogP contribution in [0.15, 0.2) is 18.2 Å². The predicted octanol–water partition coefficient (Wildman–Crippen LogP) is 2.29. The minimum atomic E-state index is -0.461.